The molecule has 1 unspecified atom stereocenters. The van der Waals surface area contributed by atoms with E-state index in [4.69, 9.17) is 5.73 Å². The standard InChI is InChI=1S/C17H25FN4O2.2ClH/c1-13(19)12-16(23)20-7-6-17(24)22-10-8-21(9-11-22)15-4-2-14(18)3-5-15;;/h2-5,13H,6-12,19H2,1H3,(H,20,23);2*1H. The third-order valence-corrected chi connectivity index (χ3v) is 3.99. The molecule has 1 atom stereocenters. The molecular weight excluding hydrogens is 382 g/mol. The maximum atomic E-state index is 13.0. The van der Waals surface area contributed by atoms with Gasteiger partial charge in [0.25, 0.3) is 0 Å². The van der Waals surface area contributed by atoms with Crippen molar-refractivity contribution >= 4 is 42.3 Å². The third-order valence-electron chi connectivity index (χ3n) is 3.99. The second-order valence-corrected chi connectivity index (χ2v) is 6.13. The monoisotopic (exact) mass is 408 g/mol. The Labute approximate surface area is 166 Å². The summed E-state index contributed by atoms with van der Waals surface area (Å²) in [7, 11) is 0. The van der Waals surface area contributed by atoms with Crippen molar-refractivity contribution in [1.82, 2.24) is 10.2 Å². The summed E-state index contributed by atoms with van der Waals surface area (Å²) in [6.07, 6.45) is 0.561. The SMILES string of the molecule is CC(N)CC(=O)NCCC(=O)N1CCN(c2ccc(F)cc2)CC1.Cl.Cl. The lowest BCUT2D eigenvalue weighted by molar-refractivity contribution is -0.131. The molecule has 1 aromatic carbocycles. The second-order valence-electron chi connectivity index (χ2n) is 6.13. The lowest BCUT2D eigenvalue weighted by Gasteiger charge is -2.36. The van der Waals surface area contributed by atoms with E-state index >= 15 is 0 Å². The van der Waals surface area contributed by atoms with E-state index in [1.807, 2.05) is 0 Å². The van der Waals surface area contributed by atoms with Crippen LogP contribution < -0.4 is 16.0 Å². The quantitative estimate of drug-likeness (QED) is 0.748. The van der Waals surface area contributed by atoms with Gasteiger partial charge < -0.3 is 20.9 Å². The molecule has 26 heavy (non-hydrogen) atoms. The van der Waals surface area contributed by atoms with Crippen LogP contribution in [0.4, 0.5) is 10.1 Å². The molecule has 1 saturated heterocycles. The molecule has 2 amide bonds. The fraction of sp³-hybridized carbons (Fsp3) is 0.529. The number of rotatable bonds is 6. The molecule has 0 aromatic heterocycles. The van der Waals surface area contributed by atoms with Gasteiger partial charge in [-0.05, 0) is 31.2 Å². The zero-order valence-corrected chi connectivity index (χ0v) is 16.5. The summed E-state index contributed by atoms with van der Waals surface area (Å²) in [6, 6.07) is 6.21. The van der Waals surface area contributed by atoms with Crippen LogP contribution in [-0.2, 0) is 9.59 Å². The lowest BCUT2D eigenvalue weighted by atomic mass is 10.2. The molecule has 148 valence electrons. The highest BCUT2D eigenvalue weighted by molar-refractivity contribution is 5.85. The van der Waals surface area contributed by atoms with Crippen molar-refractivity contribution in [2.75, 3.05) is 37.6 Å². The maximum absolute atomic E-state index is 13.0. The van der Waals surface area contributed by atoms with Gasteiger partial charge in [0.1, 0.15) is 5.82 Å². The number of carbonyl (C=O) groups is 2. The highest BCUT2D eigenvalue weighted by atomic mass is 35.5. The average molecular weight is 409 g/mol. The van der Waals surface area contributed by atoms with Gasteiger partial charge in [-0.2, -0.15) is 0 Å². The highest BCUT2D eigenvalue weighted by Crippen LogP contribution is 2.17. The van der Waals surface area contributed by atoms with Crippen LogP contribution in [-0.4, -0.2) is 55.5 Å². The minimum absolute atomic E-state index is 0. The molecule has 0 radical (unpaired) electrons. The molecule has 2 rings (SSSR count). The van der Waals surface area contributed by atoms with Gasteiger partial charge in [0.15, 0.2) is 0 Å². The molecule has 1 aliphatic rings. The Bertz CT molecular complexity index is 564. The third kappa shape index (κ3) is 7.76. The molecule has 1 heterocycles. The first kappa shape index (κ1) is 24.4. The van der Waals surface area contributed by atoms with Crippen LogP contribution in [0.3, 0.4) is 0 Å². The molecular formula is C17H27Cl2FN4O2. The van der Waals surface area contributed by atoms with Gasteiger partial charge in [-0.1, -0.05) is 0 Å². The molecule has 0 spiro atoms. The largest absolute Gasteiger partial charge is 0.368 e. The molecule has 0 saturated carbocycles. The fourth-order valence-electron chi connectivity index (χ4n) is 2.70. The number of hydrogen-bond donors (Lipinski definition) is 2. The molecule has 3 N–H and O–H groups in total. The van der Waals surface area contributed by atoms with E-state index in [1.54, 1.807) is 24.0 Å². The van der Waals surface area contributed by atoms with E-state index in [-0.39, 0.29) is 54.9 Å². The number of hydrogen-bond acceptors (Lipinski definition) is 4. The predicted molar refractivity (Wildman–Crippen MR) is 106 cm³/mol. The summed E-state index contributed by atoms with van der Waals surface area (Å²) in [6.45, 7) is 4.80. The molecule has 0 bridgehead atoms. The number of nitrogens with zero attached hydrogens (tertiary/aromatic N) is 2. The van der Waals surface area contributed by atoms with Crippen LogP contribution in [0.5, 0.6) is 0 Å². The van der Waals surface area contributed by atoms with Crippen molar-refractivity contribution in [2.45, 2.75) is 25.8 Å². The van der Waals surface area contributed by atoms with Crippen molar-refractivity contribution in [3.63, 3.8) is 0 Å². The van der Waals surface area contributed by atoms with E-state index in [2.05, 4.69) is 10.2 Å². The zero-order valence-electron chi connectivity index (χ0n) is 14.8. The van der Waals surface area contributed by atoms with E-state index in [0.29, 0.717) is 39.1 Å². The number of anilines is 1. The van der Waals surface area contributed by atoms with Crippen LogP contribution in [0.1, 0.15) is 19.8 Å². The van der Waals surface area contributed by atoms with Gasteiger partial charge in [0.2, 0.25) is 11.8 Å². The first-order chi connectivity index (χ1) is 11.5. The van der Waals surface area contributed by atoms with Crippen molar-refractivity contribution in [2.24, 2.45) is 5.73 Å². The second kappa shape index (κ2) is 11.9. The number of halogens is 3. The number of amides is 2. The number of benzene rings is 1. The molecule has 1 fully saturated rings. The number of nitrogens with one attached hydrogen (secondary N) is 1. The van der Waals surface area contributed by atoms with Gasteiger partial charge >= 0.3 is 0 Å². The topological polar surface area (TPSA) is 78.7 Å². The van der Waals surface area contributed by atoms with E-state index in [1.165, 1.54) is 12.1 Å². The first-order valence-electron chi connectivity index (χ1n) is 8.26. The zero-order chi connectivity index (χ0) is 17.5. The minimum Gasteiger partial charge on any atom is -0.368 e. The summed E-state index contributed by atoms with van der Waals surface area (Å²) in [5.41, 5.74) is 6.51. The van der Waals surface area contributed by atoms with Gasteiger partial charge in [-0.3, -0.25) is 9.59 Å². The summed E-state index contributed by atoms with van der Waals surface area (Å²) < 4.78 is 13.0. The molecule has 9 heteroatoms. The van der Waals surface area contributed by atoms with Crippen LogP contribution in [0.25, 0.3) is 0 Å². The van der Waals surface area contributed by atoms with Gasteiger partial charge in [-0.25, -0.2) is 4.39 Å². The Morgan fingerprint density at radius 3 is 2.27 bits per heavy atom. The normalized spacial score (nSPS) is 14.7. The molecule has 1 aromatic rings. The van der Waals surface area contributed by atoms with Crippen molar-refractivity contribution in [1.29, 1.82) is 0 Å². The van der Waals surface area contributed by atoms with Crippen LogP contribution in [0.15, 0.2) is 24.3 Å². The average Bonchev–Trinajstić information content (AvgIpc) is 2.55. The van der Waals surface area contributed by atoms with Crippen molar-refractivity contribution < 1.29 is 14.0 Å². The van der Waals surface area contributed by atoms with E-state index < -0.39 is 0 Å². The highest BCUT2D eigenvalue weighted by Gasteiger charge is 2.21. The molecule has 0 aliphatic carbocycles. The molecule has 1 aliphatic heterocycles. The minimum atomic E-state index is -0.251. The number of piperazine rings is 1. The predicted octanol–water partition coefficient (Wildman–Crippen LogP) is 1.56. The van der Waals surface area contributed by atoms with Crippen molar-refractivity contribution in [3.8, 4) is 0 Å². The Kier molecular flexibility index (Phi) is 11.2. The van der Waals surface area contributed by atoms with E-state index in [9.17, 15) is 14.0 Å². The first-order valence-corrected chi connectivity index (χ1v) is 8.26. The van der Waals surface area contributed by atoms with E-state index in [0.717, 1.165) is 5.69 Å². The number of carbonyl (C=O) groups excluding carboxylic acids is 2. The Balaban J connectivity index is 0.00000312. The van der Waals surface area contributed by atoms with Crippen molar-refractivity contribution in [3.05, 3.63) is 30.1 Å². The Morgan fingerprint density at radius 1 is 1.15 bits per heavy atom. The summed E-state index contributed by atoms with van der Waals surface area (Å²) in [5, 5.41) is 2.71. The smallest absolute Gasteiger partial charge is 0.224 e. The molecule has 6 nitrogen and oxygen atoms in total. The van der Waals surface area contributed by atoms with Gasteiger partial charge in [0.05, 0.1) is 0 Å². The van der Waals surface area contributed by atoms with Crippen LogP contribution in [0, 0.1) is 5.82 Å². The van der Waals surface area contributed by atoms with Crippen LogP contribution in [0.2, 0.25) is 0 Å². The van der Waals surface area contributed by atoms with Gasteiger partial charge in [0, 0.05) is 57.3 Å². The maximum Gasteiger partial charge on any atom is 0.224 e. The van der Waals surface area contributed by atoms with Crippen LogP contribution >= 0.6 is 24.8 Å². The van der Waals surface area contributed by atoms with Gasteiger partial charge in [-0.15, -0.1) is 24.8 Å². The summed E-state index contributed by atoms with van der Waals surface area (Å²) in [4.78, 5) is 27.6. The lowest BCUT2D eigenvalue weighted by Crippen LogP contribution is -2.49. The fourth-order valence-corrected chi connectivity index (χ4v) is 2.70. The Morgan fingerprint density at radius 2 is 1.73 bits per heavy atom. The number of nitrogens with two attached hydrogens (primary N) is 1. The Hall–Kier alpha value is -1.57. The summed E-state index contributed by atoms with van der Waals surface area (Å²) >= 11 is 0. The summed E-state index contributed by atoms with van der Waals surface area (Å²) in [5.74, 6) is -0.340.